The second-order valence-electron chi connectivity index (χ2n) is 13.9. The third-order valence-corrected chi connectivity index (χ3v) is 9.59. The van der Waals surface area contributed by atoms with E-state index in [1.54, 1.807) is 0 Å². The molecule has 0 amide bonds. The number of hydrogen-bond donors (Lipinski definition) is 2. The van der Waals surface area contributed by atoms with Gasteiger partial charge in [0.1, 0.15) is 0 Å². The van der Waals surface area contributed by atoms with Crippen molar-refractivity contribution < 1.29 is 5.11 Å². The van der Waals surface area contributed by atoms with Crippen molar-refractivity contribution in [3.8, 4) is 0 Å². The number of aliphatic hydroxyl groups is 1. The lowest BCUT2D eigenvalue weighted by Crippen LogP contribution is -2.32. The molecule has 0 aliphatic carbocycles. The summed E-state index contributed by atoms with van der Waals surface area (Å²) in [5, 5.41) is 12.9. The average Bonchev–Trinajstić information content (AvgIpc) is 3.47. The van der Waals surface area contributed by atoms with Crippen molar-refractivity contribution in [2.45, 2.75) is 213 Å². The standard InChI is InChI=1S/C41H78N2O/c1-3-5-7-9-11-13-15-17-19-20-22-24-26-28-30-32-34-39(37-40-38-42-41(43-40)35-36-44)33-31-29-27-25-23-21-18-16-14-12-10-8-6-4-2/h17-19,21,39-40,44H,3-16,20,22-38H2,1-2H3,(H,42,43). The van der Waals surface area contributed by atoms with Crippen LogP contribution in [-0.2, 0) is 0 Å². The predicted molar refractivity (Wildman–Crippen MR) is 198 cm³/mol. The average molecular weight is 615 g/mol. The largest absolute Gasteiger partial charge is 0.396 e. The van der Waals surface area contributed by atoms with Gasteiger partial charge < -0.3 is 10.4 Å². The Kier molecular flexibility index (Phi) is 31.0. The maximum absolute atomic E-state index is 9.27. The lowest BCUT2D eigenvalue weighted by atomic mass is 9.89. The van der Waals surface area contributed by atoms with Crippen LogP contribution in [0.1, 0.15) is 206 Å². The molecule has 1 aliphatic heterocycles. The molecule has 1 rings (SSSR count). The highest BCUT2D eigenvalue weighted by molar-refractivity contribution is 5.84. The lowest BCUT2D eigenvalue weighted by Gasteiger charge is -2.21. The Bertz CT molecular complexity index is 670. The molecule has 3 heteroatoms. The molecule has 2 N–H and O–H groups in total. The number of unbranched alkanes of at least 4 members (excludes halogenated alkanes) is 22. The molecule has 0 radical (unpaired) electrons. The van der Waals surface area contributed by atoms with E-state index in [1.165, 1.54) is 186 Å². The van der Waals surface area contributed by atoms with Gasteiger partial charge in [0, 0.05) is 12.5 Å². The Morgan fingerprint density at radius 1 is 0.591 bits per heavy atom. The molecule has 0 aromatic rings. The molecule has 1 aliphatic rings. The van der Waals surface area contributed by atoms with Crippen molar-refractivity contribution in [2.24, 2.45) is 10.9 Å². The number of aliphatic hydroxyl groups excluding tert-OH is 1. The van der Waals surface area contributed by atoms with Crippen LogP contribution in [0.25, 0.3) is 0 Å². The molecule has 0 aromatic carbocycles. The van der Waals surface area contributed by atoms with Gasteiger partial charge in [0.15, 0.2) is 0 Å². The number of aliphatic imine (C=N–C) groups is 1. The van der Waals surface area contributed by atoms with Gasteiger partial charge in [-0.05, 0) is 63.7 Å². The zero-order valence-corrected chi connectivity index (χ0v) is 30.0. The molecule has 2 atom stereocenters. The molecular formula is C41H78N2O. The van der Waals surface area contributed by atoms with Crippen LogP contribution in [0, 0.1) is 5.92 Å². The van der Waals surface area contributed by atoms with Crippen LogP contribution in [-0.4, -0.2) is 30.1 Å². The smallest absolute Gasteiger partial charge is 0.0989 e. The fourth-order valence-corrected chi connectivity index (χ4v) is 6.73. The third kappa shape index (κ3) is 27.2. The van der Waals surface area contributed by atoms with E-state index in [-0.39, 0.29) is 6.61 Å². The first-order chi connectivity index (χ1) is 21.8. The van der Waals surface area contributed by atoms with Gasteiger partial charge in [-0.25, -0.2) is 0 Å². The normalized spacial score (nSPS) is 15.9. The number of rotatable bonds is 34. The molecule has 1 heterocycles. The first-order valence-electron chi connectivity index (χ1n) is 20.0. The highest BCUT2D eigenvalue weighted by Gasteiger charge is 2.21. The van der Waals surface area contributed by atoms with E-state index in [0.717, 1.165) is 18.3 Å². The van der Waals surface area contributed by atoms with Crippen LogP contribution in [0.5, 0.6) is 0 Å². The molecular weight excluding hydrogens is 536 g/mol. The maximum atomic E-state index is 9.27. The summed E-state index contributed by atoms with van der Waals surface area (Å²) in [5.74, 6) is 1.85. The van der Waals surface area contributed by atoms with E-state index in [1.807, 2.05) is 0 Å². The van der Waals surface area contributed by atoms with Gasteiger partial charge in [-0.15, -0.1) is 0 Å². The number of nitrogens with zero attached hydrogens (tertiary/aromatic N) is 1. The van der Waals surface area contributed by atoms with Gasteiger partial charge in [-0.2, -0.15) is 0 Å². The van der Waals surface area contributed by atoms with Gasteiger partial charge in [-0.3, -0.25) is 4.99 Å². The Labute approximate surface area is 276 Å². The predicted octanol–water partition coefficient (Wildman–Crippen LogP) is 12.8. The topological polar surface area (TPSA) is 44.6 Å². The second kappa shape index (κ2) is 33.3. The van der Waals surface area contributed by atoms with Crippen LogP contribution in [0.3, 0.4) is 0 Å². The zero-order chi connectivity index (χ0) is 31.6. The SMILES string of the molecule is CCCCCCCCC=CCCCCCCCCC(CCCCCCC=CCCCCCCCC)CC1CN=C(CCO)N1. The fourth-order valence-electron chi connectivity index (χ4n) is 6.73. The summed E-state index contributed by atoms with van der Waals surface area (Å²) in [6, 6.07) is 0.493. The minimum atomic E-state index is 0.200. The van der Waals surface area contributed by atoms with Gasteiger partial charge in [0.2, 0.25) is 0 Å². The van der Waals surface area contributed by atoms with Gasteiger partial charge in [0.25, 0.3) is 0 Å². The van der Waals surface area contributed by atoms with E-state index in [2.05, 4.69) is 48.5 Å². The molecule has 0 fully saturated rings. The molecule has 258 valence electrons. The Hall–Kier alpha value is -1.09. The minimum absolute atomic E-state index is 0.200. The van der Waals surface area contributed by atoms with Crippen LogP contribution < -0.4 is 5.32 Å². The molecule has 0 aromatic heterocycles. The molecule has 0 saturated heterocycles. The Morgan fingerprint density at radius 2 is 0.977 bits per heavy atom. The van der Waals surface area contributed by atoms with Gasteiger partial charge in [0.05, 0.1) is 19.0 Å². The molecule has 0 spiro atoms. The molecule has 44 heavy (non-hydrogen) atoms. The van der Waals surface area contributed by atoms with Crippen molar-refractivity contribution >= 4 is 5.84 Å². The van der Waals surface area contributed by atoms with E-state index in [9.17, 15) is 5.11 Å². The summed E-state index contributed by atoms with van der Waals surface area (Å²) in [7, 11) is 0. The van der Waals surface area contributed by atoms with E-state index < -0.39 is 0 Å². The zero-order valence-electron chi connectivity index (χ0n) is 30.0. The summed E-state index contributed by atoms with van der Waals surface area (Å²) in [6.45, 7) is 5.69. The first-order valence-corrected chi connectivity index (χ1v) is 20.0. The van der Waals surface area contributed by atoms with Crippen LogP contribution in [0.15, 0.2) is 29.3 Å². The number of amidine groups is 1. The van der Waals surface area contributed by atoms with Crippen molar-refractivity contribution in [1.29, 1.82) is 0 Å². The van der Waals surface area contributed by atoms with Crippen molar-refractivity contribution in [3.63, 3.8) is 0 Å². The van der Waals surface area contributed by atoms with Crippen LogP contribution in [0.4, 0.5) is 0 Å². The summed E-state index contributed by atoms with van der Waals surface area (Å²) in [5.41, 5.74) is 0. The highest BCUT2D eigenvalue weighted by atomic mass is 16.3. The van der Waals surface area contributed by atoms with E-state index in [0.29, 0.717) is 12.5 Å². The molecule has 0 bridgehead atoms. The minimum Gasteiger partial charge on any atom is -0.396 e. The summed E-state index contributed by atoms with van der Waals surface area (Å²) >= 11 is 0. The third-order valence-electron chi connectivity index (χ3n) is 9.59. The number of allylic oxidation sites excluding steroid dienone is 4. The Morgan fingerprint density at radius 3 is 1.39 bits per heavy atom. The highest BCUT2D eigenvalue weighted by Crippen LogP contribution is 2.25. The monoisotopic (exact) mass is 615 g/mol. The number of hydrogen-bond acceptors (Lipinski definition) is 3. The van der Waals surface area contributed by atoms with Crippen LogP contribution >= 0.6 is 0 Å². The molecule has 0 saturated carbocycles. The first kappa shape index (κ1) is 40.9. The number of nitrogens with one attached hydrogen (secondary N) is 1. The quantitative estimate of drug-likeness (QED) is 0.0559. The summed E-state index contributed by atoms with van der Waals surface area (Å²) in [6.07, 6.45) is 50.3. The van der Waals surface area contributed by atoms with Crippen LogP contribution in [0.2, 0.25) is 0 Å². The molecule has 3 nitrogen and oxygen atoms in total. The van der Waals surface area contributed by atoms with Crippen molar-refractivity contribution in [1.82, 2.24) is 5.32 Å². The van der Waals surface area contributed by atoms with Crippen molar-refractivity contribution in [2.75, 3.05) is 13.2 Å². The Balaban J connectivity index is 2.10. The van der Waals surface area contributed by atoms with Gasteiger partial charge >= 0.3 is 0 Å². The van der Waals surface area contributed by atoms with Crippen molar-refractivity contribution in [3.05, 3.63) is 24.3 Å². The maximum Gasteiger partial charge on any atom is 0.0989 e. The second-order valence-corrected chi connectivity index (χ2v) is 13.9. The van der Waals surface area contributed by atoms with E-state index >= 15 is 0 Å². The lowest BCUT2D eigenvalue weighted by molar-refractivity contribution is 0.305. The summed E-state index contributed by atoms with van der Waals surface area (Å²) < 4.78 is 0. The summed E-state index contributed by atoms with van der Waals surface area (Å²) in [4.78, 5) is 4.65. The van der Waals surface area contributed by atoms with E-state index in [4.69, 9.17) is 0 Å². The van der Waals surface area contributed by atoms with Gasteiger partial charge in [-0.1, -0.05) is 167 Å². The molecule has 2 unspecified atom stereocenters. The fraction of sp³-hybridized carbons (Fsp3) is 0.878.